The molecule has 108 valence electrons. The van der Waals surface area contributed by atoms with Crippen LogP contribution in [0.2, 0.25) is 0 Å². The van der Waals surface area contributed by atoms with Crippen molar-refractivity contribution in [1.82, 2.24) is 9.88 Å². The lowest BCUT2D eigenvalue weighted by molar-refractivity contribution is -0.119. The monoisotopic (exact) mass is 303 g/mol. The van der Waals surface area contributed by atoms with Gasteiger partial charge in [0.2, 0.25) is 5.91 Å². The van der Waals surface area contributed by atoms with Crippen LogP contribution in [0.3, 0.4) is 0 Å². The fourth-order valence-electron chi connectivity index (χ4n) is 3.31. The number of amides is 1. The maximum atomic E-state index is 14.3. The van der Waals surface area contributed by atoms with Crippen LogP contribution < -0.4 is 4.90 Å². The van der Waals surface area contributed by atoms with Crippen molar-refractivity contribution >= 4 is 22.4 Å². The Kier molecular flexibility index (Phi) is 3.01. The summed E-state index contributed by atoms with van der Waals surface area (Å²) in [6, 6.07) is 6.55. The second-order valence-electron chi connectivity index (χ2n) is 5.31. The van der Waals surface area contributed by atoms with Crippen LogP contribution in [0.4, 0.5) is 9.52 Å². The van der Waals surface area contributed by atoms with Gasteiger partial charge in [0.15, 0.2) is 5.13 Å². The zero-order valence-electron chi connectivity index (χ0n) is 11.3. The first-order valence-corrected chi connectivity index (χ1v) is 7.88. The van der Waals surface area contributed by atoms with E-state index in [1.54, 1.807) is 23.2 Å². The summed E-state index contributed by atoms with van der Waals surface area (Å²) in [6.07, 6.45) is 3.12. The number of thiazole rings is 1. The highest BCUT2D eigenvalue weighted by molar-refractivity contribution is 7.13. The highest BCUT2D eigenvalue weighted by atomic mass is 32.1. The fraction of sp³-hybridized carbons (Fsp3) is 0.333. The molecular weight excluding hydrogens is 289 g/mol. The number of halogens is 1. The first-order valence-electron chi connectivity index (χ1n) is 7.00. The Morgan fingerprint density at radius 1 is 1.33 bits per heavy atom. The van der Waals surface area contributed by atoms with Crippen molar-refractivity contribution in [2.45, 2.75) is 25.0 Å². The number of fused-ring (bicyclic) bond motifs is 1. The molecule has 4 rings (SSSR count). The molecule has 2 atom stereocenters. The van der Waals surface area contributed by atoms with Crippen molar-refractivity contribution < 1.29 is 9.18 Å². The van der Waals surface area contributed by atoms with Gasteiger partial charge in [-0.1, -0.05) is 18.2 Å². The van der Waals surface area contributed by atoms with E-state index in [-0.39, 0.29) is 23.9 Å². The third-order valence-corrected chi connectivity index (χ3v) is 4.95. The second-order valence-corrected chi connectivity index (χ2v) is 6.19. The standard InChI is InChI=1S/C15H14FN3OS/c16-11-5-2-1-4-10(11)13-18-8-3-6-12(18)14(20)19(13)15-17-7-9-21-15/h1-2,4-5,7,9,12-13H,3,6,8H2. The van der Waals surface area contributed by atoms with Crippen LogP contribution in [0.1, 0.15) is 24.6 Å². The molecule has 2 saturated heterocycles. The Morgan fingerprint density at radius 2 is 2.19 bits per heavy atom. The molecule has 21 heavy (non-hydrogen) atoms. The van der Waals surface area contributed by atoms with E-state index < -0.39 is 0 Å². The molecule has 0 N–H and O–H groups in total. The lowest BCUT2D eigenvalue weighted by atomic mass is 10.1. The topological polar surface area (TPSA) is 36.4 Å². The highest BCUT2D eigenvalue weighted by Gasteiger charge is 2.50. The van der Waals surface area contributed by atoms with Crippen LogP contribution >= 0.6 is 11.3 Å². The molecule has 4 nitrogen and oxygen atoms in total. The lowest BCUT2D eigenvalue weighted by Gasteiger charge is -2.28. The van der Waals surface area contributed by atoms with Crippen LogP contribution in [0.5, 0.6) is 0 Å². The predicted octanol–water partition coefficient (Wildman–Crippen LogP) is 2.79. The Labute approximate surface area is 125 Å². The number of hydrogen-bond acceptors (Lipinski definition) is 4. The second kappa shape index (κ2) is 4.89. The third-order valence-electron chi connectivity index (χ3n) is 4.18. The number of benzene rings is 1. The number of rotatable bonds is 2. The number of anilines is 1. The zero-order valence-corrected chi connectivity index (χ0v) is 12.1. The number of carbonyl (C=O) groups is 1. The molecule has 2 unspecified atom stereocenters. The van der Waals surface area contributed by atoms with Gasteiger partial charge in [0.25, 0.3) is 0 Å². The number of carbonyl (C=O) groups excluding carboxylic acids is 1. The number of hydrogen-bond donors (Lipinski definition) is 0. The van der Waals surface area contributed by atoms with Gasteiger partial charge < -0.3 is 0 Å². The summed E-state index contributed by atoms with van der Waals surface area (Å²) in [5.74, 6) is -0.236. The average molecular weight is 303 g/mol. The SMILES string of the molecule is O=C1C2CCCN2C(c2ccccc2F)N1c1nccs1. The molecular formula is C15H14FN3OS. The van der Waals surface area contributed by atoms with E-state index in [0.717, 1.165) is 19.4 Å². The molecule has 2 aromatic rings. The zero-order chi connectivity index (χ0) is 14.4. The summed E-state index contributed by atoms with van der Waals surface area (Å²) < 4.78 is 14.3. The van der Waals surface area contributed by atoms with Crippen molar-refractivity contribution in [3.05, 3.63) is 47.2 Å². The molecule has 1 aromatic heterocycles. The minimum atomic E-state index is -0.377. The van der Waals surface area contributed by atoms with E-state index in [4.69, 9.17) is 0 Å². The largest absolute Gasteiger partial charge is 0.273 e. The Morgan fingerprint density at radius 3 is 2.95 bits per heavy atom. The molecule has 2 aliphatic rings. The predicted molar refractivity (Wildman–Crippen MR) is 78.5 cm³/mol. The van der Waals surface area contributed by atoms with Gasteiger partial charge in [-0.2, -0.15) is 0 Å². The van der Waals surface area contributed by atoms with Crippen molar-refractivity contribution in [3.63, 3.8) is 0 Å². The van der Waals surface area contributed by atoms with E-state index in [2.05, 4.69) is 9.88 Å². The van der Waals surface area contributed by atoms with E-state index in [9.17, 15) is 9.18 Å². The minimum absolute atomic E-state index is 0.0377. The van der Waals surface area contributed by atoms with Gasteiger partial charge in [-0.3, -0.25) is 14.6 Å². The van der Waals surface area contributed by atoms with Gasteiger partial charge in [0, 0.05) is 23.7 Å². The Bertz CT molecular complexity index is 675. The lowest BCUT2D eigenvalue weighted by Crippen LogP contribution is -2.32. The van der Waals surface area contributed by atoms with E-state index in [1.807, 2.05) is 11.4 Å². The molecule has 2 fully saturated rings. The van der Waals surface area contributed by atoms with Crippen LogP contribution in [-0.2, 0) is 4.79 Å². The van der Waals surface area contributed by atoms with Gasteiger partial charge in [0.1, 0.15) is 12.0 Å². The van der Waals surface area contributed by atoms with E-state index in [1.165, 1.54) is 17.4 Å². The molecule has 0 aliphatic carbocycles. The smallest absolute Gasteiger partial charge is 0.247 e. The molecule has 2 aliphatic heterocycles. The summed E-state index contributed by atoms with van der Waals surface area (Å²) >= 11 is 1.41. The molecule has 0 spiro atoms. The van der Waals surface area contributed by atoms with E-state index >= 15 is 0 Å². The first kappa shape index (κ1) is 12.9. The normalized spacial score (nSPS) is 25.6. The number of nitrogens with zero attached hydrogens (tertiary/aromatic N) is 3. The van der Waals surface area contributed by atoms with Gasteiger partial charge in [-0.05, 0) is 18.9 Å². The quantitative estimate of drug-likeness (QED) is 0.856. The van der Waals surface area contributed by atoms with Crippen LogP contribution in [0.15, 0.2) is 35.8 Å². The van der Waals surface area contributed by atoms with Crippen molar-refractivity contribution in [2.24, 2.45) is 0 Å². The summed E-state index contributed by atoms with van der Waals surface area (Å²) in [7, 11) is 0. The maximum Gasteiger partial charge on any atom is 0.247 e. The molecule has 0 radical (unpaired) electrons. The van der Waals surface area contributed by atoms with Gasteiger partial charge in [0.05, 0.1) is 6.04 Å². The molecule has 0 bridgehead atoms. The van der Waals surface area contributed by atoms with Crippen LogP contribution in [0, 0.1) is 5.82 Å². The molecule has 0 saturated carbocycles. The molecule has 3 heterocycles. The average Bonchev–Trinajstić information content (AvgIpc) is 3.18. The van der Waals surface area contributed by atoms with Crippen LogP contribution in [0.25, 0.3) is 0 Å². The minimum Gasteiger partial charge on any atom is -0.273 e. The molecule has 1 amide bonds. The van der Waals surface area contributed by atoms with Gasteiger partial charge in [-0.15, -0.1) is 11.3 Å². The molecule has 6 heteroatoms. The third kappa shape index (κ3) is 1.90. The summed E-state index contributed by atoms with van der Waals surface area (Å²) in [6.45, 7) is 0.817. The van der Waals surface area contributed by atoms with Crippen molar-refractivity contribution in [2.75, 3.05) is 11.4 Å². The Balaban J connectivity index is 1.84. The van der Waals surface area contributed by atoms with Gasteiger partial charge in [-0.25, -0.2) is 9.37 Å². The first-order chi connectivity index (χ1) is 10.3. The Hall–Kier alpha value is -1.79. The van der Waals surface area contributed by atoms with Gasteiger partial charge >= 0.3 is 0 Å². The fourth-order valence-corrected chi connectivity index (χ4v) is 3.98. The van der Waals surface area contributed by atoms with Crippen molar-refractivity contribution in [1.29, 1.82) is 0 Å². The molecule has 1 aromatic carbocycles. The van der Waals surface area contributed by atoms with E-state index in [0.29, 0.717) is 10.7 Å². The summed E-state index contributed by atoms with van der Waals surface area (Å²) in [5, 5.41) is 2.48. The summed E-state index contributed by atoms with van der Waals surface area (Å²) in [4.78, 5) is 20.7. The maximum absolute atomic E-state index is 14.3. The summed E-state index contributed by atoms with van der Waals surface area (Å²) in [5.41, 5.74) is 0.547. The van der Waals surface area contributed by atoms with Crippen molar-refractivity contribution in [3.8, 4) is 0 Å². The number of aromatic nitrogens is 1. The van der Waals surface area contributed by atoms with Crippen LogP contribution in [-0.4, -0.2) is 28.4 Å². The highest BCUT2D eigenvalue weighted by Crippen LogP contribution is 2.43.